The Hall–Kier alpha value is -1.09. The van der Waals surface area contributed by atoms with Gasteiger partial charge in [-0.25, -0.2) is 4.39 Å². The van der Waals surface area contributed by atoms with E-state index in [9.17, 15) is 4.39 Å². The Morgan fingerprint density at radius 2 is 2.29 bits per heavy atom. The minimum absolute atomic E-state index is 0.264. The van der Waals surface area contributed by atoms with E-state index >= 15 is 0 Å². The molecule has 1 N–H and O–H groups in total. The molecule has 1 atom stereocenters. The van der Waals surface area contributed by atoms with Gasteiger partial charge in [-0.15, -0.1) is 0 Å². The molecule has 0 radical (unpaired) electrons. The second kappa shape index (κ2) is 3.58. The number of rotatable bonds is 1. The minimum atomic E-state index is -0.264. The molecule has 2 rings (SSSR count). The minimum Gasteiger partial charge on any atom is -0.494 e. The molecule has 76 valence electrons. The van der Waals surface area contributed by atoms with E-state index in [4.69, 9.17) is 4.74 Å². The van der Waals surface area contributed by atoms with E-state index in [0.717, 1.165) is 24.1 Å². The normalized spacial score (nSPS) is 20.4. The monoisotopic (exact) mass is 195 g/mol. The highest BCUT2D eigenvalue weighted by Gasteiger charge is 2.18. The lowest BCUT2D eigenvalue weighted by atomic mass is 9.95. The number of hydrogen-bond acceptors (Lipinski definition) is 2. The molecule has 0 spiro atoms. The standard InChI is InChI=1S/C11H14FNO/c1-7-9-6-11(14-2)10(12)5-8(9)3-4-13-7/h5-7,13H,3-4H2,1-2H3/t7-/m1/s1. The van der Waals surface area contributed by atoms with Crippen LogP contribution in [0.15, 0.2) is 12.1 Å². The third-order valence-corrected chi connectivity index (χ3v) is 2.73. The largest absolute Gasteiger partial charge is 0.494 e. The van der Waals surface area contributed by atoms with Gasteiger partial charge >= 0.3 is 0 Å². The van der Waals surface area contributed by atoms with Gasteiger partial charge in [-0.2, -0.15) is 0 Å². The van der Waals surface area contributed by atoms with Gasteiger partial charge in [-0.05, 0) is 43.1 Å². The van der Waals surface area contributed by atoms with Gasteiger partial charge in [0.2, 0.25) is 0 Å². The highest BCUT2D eigenvalue weighted by molar-refractivity contribution is 5.40. The summed E-state index contributed by atoms with van der Waals surface area (Å²) >= 11 is 0. The van der Waals surface area contributed by atoms with Crippen LogP contribution in [0, 0.1) is 5.82 Å². The van der Waals surface area contributed by atoms with Gasteiger partial charge in [0.25, 0.3) is 0 Å². The van der Waals surface area contributed by atoms with E-state index in [1.165, 1.54) is 7.11 Å². The number of halogens is 1. The van der Waals surface area contributed by atoms with Crippen molar-refractivity contribution in [3.8, 4) is 5.75 Å². The van der Waals surface area contributed by atoms with E-state index in [0.29, 0.717) is 5.75 Å². The first-order valence-corrected chi connectivity index (χ1v) is 4.82. The van der Waals surface area contributed by atoms with Gasteiger partial charge in [0.05, 0.1) is 7.11 Å². The van der Waals surface area contributed by atoms with Crippen LogP contribution in [0.2, 0.25) is 0 Å². The predicted molar refractivity (Wildman–Crippen MR) is 53.1 cm³/mol. The molecule has 0 aromatic heterocycles. The lowest BCUT2D eigenvalue weighted by Gasteiger charge is -2.24. The summed E-state index contributed by atoms with van der Waals surface area (Å²) in [5.74, 6) is 0.0691. The van der Waals surface area contributed by atoms with E-state index in [1.807, 2.05) is 0 Å². The number of methoxy groups -OCH3 is 1. The molecule has 3 heteroatoms. The molecule has 1 aliphatic heterocycles. The lowest BCUT2D eigenvalue weighted by molar-refractivity contribution is 0.383. The molecule has 0 bridgehead atoms. The lowest BCUT2D eigenvalue weighted by Crippen LogP contribution is -2.27. The number of ether oxygens (including phenoxy) is 1. The average molecular weight is 195 g/mol. The van der Waals surface area contributed by atoms with Gasteiger partial charge in [0.1, 0.15) is 0 Å². The van der Waals surface area contributed by atoms with Crippen molar-refractivity contribution in [2.75, 3.05) is 13.7 Å². The van der Waals surface area contributed by atoms with Gasteiger partial charge in [-0.1, -0.05) is 0 Å². The second-order valence-corrected chi connectivity index (χ2v) is 3.61. The van der Waals surface area contributed by atoms with Gasteiger partial charge < -0.3 is 10.1 Å². The van der Waals surface area contributed by atoms with Crippen LogP contribution in [0.4, 0.5) is 4.39 Å². The SMILES string of the molecule is COc1cc2c(cc1F)CCN[C@@H]2C. The molecular weight excluding hydrogens is 181 g/mol. The van der Waals surface area contributed by atoms with Crippen molar-refractivity contribution in [3.05, 3.63) is 29.1 Å². The van der Waals surface area contributed by atoms with E-state index < -0.39 is 0 Å². The molecule has 0 aliphatic carbocycles. The quantitative estimate of drug-likeness (QED) is 0.740. The highest BCUT2D eigenvalue weighted by Crippen LogP contribution is 2.29. The van der Waals surface area contributed by atoms with E-state index in [2.05, 4.69) is 12.2 Å². The Morgan fingerprint density at radius 1 is 1.50 bits per heavy atom. The van der Waals surface area contributed by atoms with E-state index in [-0.39, 0.29) is 11.9 Å². The van der Waals surface area contributed by atoms with Crippen LogP contribution in [-0.2, 0) is 6.42 Å². The molecule has 1 aromatic carbocycles. The summed E-state index contributed by atoms with van der Waals surface area (Å²) in [6, 6.07) is 3.67. The summed E-state index contributed by atoms with van der Waals surface area (Å²) in [5.41, 5.74) is 2.24. The van der Waals surface area contributed by atoms with Crippen molar-refractivity contribution < 1.29 is 9.13 Å². The maximum absolute atomic E-state index is 13.4. The van der Waals surface area contributed by atoms with E-state index in [1.54, 1.807) is 12.1 Å². The third-order valence-electron chi connectivity index (χ3n) is 2.73. The van der Waals surface area contributed by atoms with Crippen molar-refractivity contribution >= 4 is 0 Å². The summed E-state index contributed by atoms with van der Waals surface area (Å²) in [6.45, 7) is 3.00. The Bertz CT molecular complexity index is 351. The topological polar surface area (TPSA) is 21.3 Å². The maximum atomic E-state index is 13.4. The Labute approximate surface area is 83.1 Å². The molecule has 0 saturated carbocycles. The van der Waals surface area contributed by atoms with Crippen LogP contribution < -0.4 is 10.1 Å². The van der Waals surface area contributed by atoms with Crippen LogP contribution in [0.5, 0.6) is 5.75 Å². The molecule has 2 nitrogen and oxygen atoms in total. The molecule has 1 aliphatic rings. The van der Waals surface area contributed by atoms with Gasteiger partial charge in [0.15, 0.2) is 11.6 Å². The smallest absolute Gasteiger partial charge is 0.165 e. The molecule has 14 heavy (non-hydrogen) atoms. The Kier molecular flexibility index (Phi) is 2.42. The predicted octanol–water partition coefficient (Wildman–Crippen LogP) is 2.04. The van der Waals surface area contributed by atoms with Crippen LogP contribution in [0.1, 0.15) is 24.1 Å². The first-order valence-electron chi connectivity index (χ1n) is 4.82. The zero-order valence-corrected chi connectivity index (χ0v) is 8.43. The van der Waals surface area contributed by atoms with Crippen LogP contribution in [0.25, 0.3) is 0 Å². The van der Waals surface area contributed by atoms with Crippen LogP contribution >= 0.6 is 0 Å². The van der Waals surface area contributed by atoms with Gasteiger partial charge in [-0.3, -0.25) is 0 Å². The number of nitrogens with one attached hydrogen (secondary N) is 1. The molecule has 0 fully saturated rings. The van der Waals surface area contributed by atoms with Crippen molar-refractivity contribution in [1.29, 1.82) is 0 Å². The van der Waals surface area contributed by atoms with Crippen LogP contribution in [0.3, 0.4) is 0 Å². The van der Waals surface area contributed by atoms with Gasteiger partial charge in [0, 0.05) is 6.04 Å². The molecule has 0 amide bonds. The second-order valence-electron chi connectivity index (χ2n) is 3.61. The summed E-state index contributed by atoms with van der Waals surface area (Å²) in [6.07, 6.45) is 0.889. The Morgan fingerprint density at radius 3 is 3.00 bits per heavy atom. The summed E-state index contributed by atoms with van der Waals surface area (Å²) in [4.78, 5) is 0. The fourth-order valence-corrected chi connectivity index (χ4v) is 1.92. The Balaban J connectivity index is 2.49. The third kappa shape index (κ3) is 1.48. The average Bonchev–Trinajstić information content (AvgIpc) is 2.17. The molecule has 0 unspecified atom stereocenters. The summed E-state index contributed by atoms with van der Waals surface area (Å²) in [7, 11) is 1.49. The zero-order chi connectivity index (χ0) is 10.1. The van der Waals surface area contributed by atoms with Crippen molar-refractivity contribution in [2.24, 2.45) is 0 Å². The zero-order valence-electron chi connectivity index (χ0n) is 8.43. The highest BCUT2D eigenvalue weighted by atomic mass is 19.1. The fourth-order valence-electron chi connectivity index (χ4n) is 1.92. The molecule has 0 saturated heterocycles. The van der Waals surface area contributed by atoms with Crippen molar-refractivity contribution in [1.82, 2.24) is 5.32 Å². The number of fused-ring (bicyclic) bond motifs is 1. The summed E-state index contributed by atoms with van der Waals surface area (Å²) < 4.78 is 18.3. The first kappa shape index (κ1) is 9.46. The van der Waals surface area contributed by atoms with Crippen molar-refractivity contribution in [2.45, 2.75) is 19.4 Å². The molecule has 1 heterocycles. The number of hydrogen-bond donors (Lipinski definition) is 1. The molecular formula is C11H14FNO. The number of benzene rings is 1. The fraction of sp³-hybridized carbons (Fsp3) is 0.455. The molecule has 1 aromatic rings. The first-order chi connectivity index (χ1) is 6.72. The van der Waals surface area contributed by atoms with Crippen LogP contribution in [-0.4, -0.2) is 13.7 Å². The summed E-state index contributed by atoms with van der Waals surface area (Å²) in [5, 5.41) is 3.33. The van der Waals surface area contributed by atoms with Crippen molar-refractivity contribution in [3.63, 3.8) is 0 Å². The maximum Gasteiger partial charge on any atom is 0.165 e.